The van der Waals surface area contributed by atoms with Gasteiger partial charge in [-0.05, 0) is 47.7 Å². The molecule has 3 rings (SSSR count). The smallest absolute Gasteiger partial charge is 0.310 e. The summed E-state index contributed by atoms with van der Waals surface area (Å²) >= 11 is 0. The largest absolute Gasteiger partial charge is 0.465 e. The Kier molecular flexibility index (Phi) is 6.66. The van der Waals surface area contributed by atoms with Gasteiger partial charge in [-0.15, -0.1) is 0 Å². The molecule has 1 aromatic carbocycles. The molecule has 31 heavy (non-hydrogen) atoms. The molecule has 1 aliphatic heterocycles. The van der Waals surface area contributed by atoms with Gasteiger partial charge in [-0.25, -0.2) is 12.8 Å². The highest BCUT2D eigenvalue weighted by Gasteiger charge is 2.34. The minimum atomic E-state index is -4.01. The minimum Gasteiger partial charge on any atom is -0.465 e. The number of aromatic nitrogens is 1. The lowest BCUT2D eigenvalue weighted by Crippen LogP contribution is -2.41. The van der Waals surface area contributed by atoms with E-state index in [2.05, 4.69) is 4.98 Å². The van der Waals surface area contributed by atoms with Crippen molar-refractivity contribution in [2.24, 2.45) is 11.3 Å². The first-order valence-corrected chi connectivity index (χ1v) is 11.5. The number of halogens is 1. The summed E-state index contributed by atoms with van der Waals surface area (Å²) < 4.78 is 46.3. The van der Waals surface area contributed by atoms with Gasteiger partial charge in [0.15, 0.2) is 0 Å². The van der Waals surface area contributed by atoms with E-state index in [1.54, 1.807) is 6.07 Å². The summed E-state index contributed by atoms with van der Waals surface area (Å²) in [6.45, 7) is 6.00. The van der Waals surface area contributed by atoms with Crippen LogP contribution in [0, 0.1) is 17.2 Å². The van der Waals surface area contributed by atoms with E-state index in [0.717, 1.165) is 12.1 Å². The summed E-state index contributed by atoms with van der Waals surface area (Å²) in [6.07, 6.45) is 1.90. The predicted molar refractivity (Wildman–Crippen MR) is 114 cm³/mol. The van der Waals surface area contributed by atoms with Gasteiger partial charge in [-0.1, -0.05) is 20.8 Å². The summed E-state index contributed by atoms with van der Waals surface area (Å²) in [5, 5.41) is 9.65. The highest BCUT2D eigenvalue weighted by molar-refractivity contribution is 7.92. The average molecular weight is 451 g/mol. The van der Waals surface area contributed by atoms with Crippen LogP contribution in [0.4, 0.5) is 10.1 Å². The number of sulfonamides is 1. The first kappa shape index (κ1) is 23.1. The molecule has 1 N–H and O–H groups in total. The van der Waals surface area contributed by atoms with Gasteiger partial charge in [0.05, 0.1) is 29.3 Å². The van der Waals surface area contributed by atoms with Crippen molar-refractivity contribution in [3.8, 4) is 0 Å². The molecule has 0 saturated carbocycles. The summed E-state index contributed by atoms with van der Waals surface area (Å²) in [7, 11) is -4.01. The molecule has 0 unspecified atom stereocenters. The number of benzene rings is 1. The Balaban J connectivity index is 1.92. The van der Waals surface area contributed by atoms with E-state index in [1.165, 1.54) is 22.6 Å². The van der Waals surface area contributed by atoms with Gasteiger partial charge in [0, 0.05) is 25.3 Å². The Morgan fingerprint density at radius 3 is 2.58 bits per heavy atom. The van der Waals surface area contributed by atoms with Crippen LogP contribution in [0.1, 0.15) is 32.0 Å². The second-order valence-electron chi connectivity index (χ2n) is 8.95. The van der Waals surface area contributed by atoms with Crippen molar-refractivity contribution in [2.45, 2.75) is 38.5 Å². The van der Waals surface area contributed by atoms with Crippen molar-refractivity contribution in [3.63, 3.8) is 0 Å². The van der Waals surface area contributed by atoms with E-state index in [-0.39, 0.29) is 42.4 Å². The molecule has 0 bridgehead atoms. The van der Waals surface area contributed by atoms with Crippen molar-refractivity contribution in [1.29, 1.82) is 0 Å². The number of fused-ring (bicyclic) bond motifs is 1. The molecule has 2 heterocycles. The molecule has 0 fully saturated rings. The zero-order valence-electron chi connectivity index (χ0n) is 17.8. The molecule has 0 radical (unpaired) electrons. The minimum absolute atomic E-state index is 0.0375. The number of aliphatic hydroxyl groups is 1. The van der Waals surface area contributed by atoms with Gasteiger partial charge in [0.1, 0.15) is 5.82 Å². The number of aliphatic hydroxyl groups excluding tert-OH is 1. The number of ether oxygens (including phenoxy) is 1. The third kappa shape index (κ3) is 5.59. The van der Waals surface area contributed by atoms with Crippen LogP contribution in [0.25, 0.3) is 0 Å². The number of rotatable bonds is 6. The number of carbonyl (C=O) groups excluding carboxylic acids is 1. The Bertz CT molecular complexity index is 1050. The van der Waals surface area contributed by atoms with Crippen molar-refractivity contribution >= 4 is 21.7 Å². The van der Waals surface area contributed by atoms with Crippen LogP contribution in [0.3, 0.4) is 0 Å². The van der Waals surface area contributed by atoms with Gasteiger partial charge in [0.25, 0.3) is 10.0 Å². The van der Waals surface area contributed by atoms with Crippen LogP contribution in [-0.2, 0) is 32.4 Å². The summed E-state index contributed by atoms with van der Waals surface area (Å²) in [4.78, 5) is 16.5. The Morgan fingerprint density at radius 1 is 1.29 bits per heavy atom. The first-order valence-electron chi connectivity index (χ1n) is 10.0. The average Bonchev–Trinajstić information content (AvgIpc) is 2.71. The Hall–Kier alpha value is -2.52. The lowest BCUT2D eigenvalue weighted by Gasteiger charge is -2.34. The van der Waals surface area contributed by atoms with Crippen LogP contribution in [0.5, 0.6) is 0 Å². The lowest BCUT2D eigenvalue weighted by molar-refractivity contribution is -0.145. The van der Waals surface area contributed by atoms with E-state index in [9.17, 15) is 22.7 Å². The van der Waals surface area contributed by atoms with Gasteiger partial charge < -0.3 is 9.84 Å². The molecule has 9 heteroatoms. The second-order valence-corrected chi connectivity index (χ2v) is 10.8. The normalized spacial score (nSPS) is 16.7. The van der Waals surface area contributed by atoms with Crippen LogP contribution in [0.15, 0.2) is 41.4 Å². The predicted octanol–water partition coefficient (Wildman–Crippen LogP) is 2.71. The maximum atomic E-state index is 13.3. The van der Waals surface area contributed by atoms with Gasteiger partial charge >= 0.3 is 5.97 Å². The highest BCUT2D eigenvalue weighted by Crippen LogP contribution is 2.34. The summed E-state index contributed by atoms with van der Waals surface area (Å²) in [6, 6.07) is 6.19. The molecule has 1 aliphatic rings. The second kappa shape index (κ2) is 8.92. The number of nitrogens with zero attached hydrogens (tertiary/aromatic N) is 2. The summed E-state index contributed by atoms with van der Waals surface area (Å²) in [5.74, 6) is -1.28. The van der Waals surface area contributed by atoms with Gasteiger partial charge in [0.2, 0.25) is 0 Å². The number of anilines is 1. The molecular weight excluding hydrogens is 423 g/mol. The molecule has 0 amide bonds. The Morgan fingerprint density at radius 2 is 1.97 bits per heavy atom. The van der Waals surface area contributed by atoms with Crippen LogP contribution < -0.4 is 4.31 Å². The third-order valence-corrected chi connectivity index (χ3v) is 6.65. The fraction of sp³-hybridized carbons (Fsp3) is 0.455. The topological polar surface area (TPSA) is 96.8 Å². The van der Waals surface area contributed by atoms with E-state index in [1.807, 2.05) is 20.8 Å². The molecule has 7 nitrogen and oxygen atoms in total. The number of hydrogen-bond acceptors (Lipinski definition) is 6. The zero-order chi connectivity index (χ0) is 22.8. The van der Waals surface area contributed by atoms with E-state index >= 15 is 0 Å². The molecule has 0 aliphatic carbocycles. The van der Waals surface area contributed by atoms with Crippen LogP contribution in [0.2, 0.25) is 0 Å². The molecule has 1 atom stereocenters. The lowest BCUT2D eigenvalue weighted by atomic mass is 9.97. The molecule has 2 aromatic rings. The van der Waals surface area contributed by atoms with E-state index in [0.29, 0.717) is 23.4 Å². The number of esters is 1. The summed E-state index contributed by atoms with van der Waals surface area (Å²) in [5.41, 5.74) is 1.24. The number of hydrogen-bond donors (Lipinski definition) is 1. The van der Waals surface area contributed by atoms with Crippen molar-refractivity contribution in [2.75, 3.05) is 24.1 Å². The fourth-order valence-electron chi connectivity index (χ4n) is 3.26. The highest BCUT2D eigenvalue weighted by atomic mass is 32.2. The monoisotopic (exact) mass is 450 g/mol. The van der Waals surface area contributed by atoms with E-state index in [4.69, 9.17) is 4.74 Å². The van der Waals surface area contributed by atoms with E-state index < -0.39 is 21.8 Å². The van der Waals surface area contributed by atoms with Crippen LogP contribution in [-0.4, -0.2) is 44.2 Å². The van der Waals surface area contributed by atoms with Crippen molar-refractivity contribution < 1.29 is 27.4 Å². The van der Waals surface area contributed by atoms with Gasteiger partial charge in [-0.2, -0.15) is 0 Å². The molecular formula is C22H27FN2O5S. The van der Waals surface area contributed by atoms with Crippen LogP contribution >= 0.6 is 0 Å². The number of carbonyl (C=O) groups is 1. The maximum Gasteiger partial charge on any atom is 0.310 e. The zero-order valence-corrected chi connectivity index (χ0v) is 18.7. The fourth-order valence-corrected chi connectivity index (χ4v) is 4.82. The molecule has 0 saturated heterocycles. The molecule has 1 aromatic heterocycles. The Labute approximate surface area is 181 Å². The van der Waals surface area contributed by atoms with Gasteiger partial charge in [-0.3, -0.25) is 14.1 Å². The first-order chi connectivity index (χ1) is 14.5. The quantitative estimate of drug-likeness (QED) is 0.680. The number of pyridine rings is 1. The molecule has 0 spiro atoms. The standard InChI is InChI=1S/C22H27FN2O5S/c1-22(2,3)14-30-21(27)10-15-9-20-19(24-11-15)8-16(13-26)12-25(20)31(28,29)18-6-4-17(23)5-7-18/h4-7,9,11,16,26H,8,10,12-14H2,1-3H3/t16-/m1/s1. The van der Waals surface area contributed by atoms with Crippen molar-refractivity contribution in [3.05, 3.63) is 53.6 Å². The molecule has 168 valence electrons. The SMILES string of the molecule is CC(C)(C)COC(=O)Cc1cnc2c(c1)N(S(=O)(=O)c1ccc(F)cc1)C[C@H](CO)C2. The van der Waals surface area contributed by atoms with Crippen molar-refractivity contribution in [1.82, 2.24) is 4.98 Å². The third-order valence-electron chi connectivity index (χ3n) is 4.85. The maximum absolute atomic E-state index is 13.3.